The Balaban J connectivity index is 0.000000189. The molecule has 0 bridgehead atoms. The van der Waals surface area contributed by atoms with Gasteiger partial charge in [0.1, 0.15) is 43.1 Å². The molecule has 0 saturated carbocycles. The molecule has 0 saturated heterocycles. The lowest BCUT2D eigenvalue weighted by Gasteiger charge is -2.14. The van der Waals surface area contributed by atoms with Crippen LogP contribution in [0, 0.1) is 0 Å². The average molecular weight is 1720 g/mol. The van der Waals surface area contributed by atoms with E-state index < -0.39 is 67.0 Å². The standard InChI is InChI=1S/C27H31N7O5S2.C27H31N7O5S.C26H31N7O5S/c1-27(2,3)22-15-23(29-24(35)30-25-28-21(17-40-25)19-9-7-6-8-10-19)34(31-22)20-13-11-18(12-14-20)16-39-26(36)32-41(37,38)33(4)5;1-27(2,3)22-16-24(30-25(35)29-23-15-12-19-8-6-7-9-21(19)28-23)34(31-22)20-13-10-18(11-14-20)17-39-26(36)32-40(37,38)33(4)5;1-26(2,3)22-15-23(29-24(34)28-19-8-11-21-18(14-19)12-13-27-21)33(30-22)20-9-6-17(7-10-20)16-38-25(35)31-39(36,37)32(4)5/h6-15,17H,16H2,1-5H3,(H,32,36)(H2,28,29,30,35);6-16H,17H2,1-5H3,(H,32,36)(H2,28,29,30,35);6-15,27H,16H2,1-5H3,(H,31,35)(H2,28,29,34). The van der Waals surface area contributed by atoms with Gasteiger partial charge in [0, 0.05) is 116 Å². The second-order valence-electron chi connectivity index (χ2n) is 30.4. The third-order valence-electron chi connectivity index (χ3n) is 17.3. The molecule has 632 valence electrons. The molecule has 6 aromatic heterocycles. The predicted molar refractivity (Wildman–Crippen MR) is 460 cm³/mol. The molecule has 6 heterocycles. The van der Waals surface area contributed by atoms with Crippen molar-refractivity contribution in [2.75, 3.05) is 74.2 Å². The maximum absolute atomic E-state index is 12.9. The summed E-state index contributed by atoms with van der Waals surface area (Å²) in [6.45, 7) is 17.8. The molecule has 120 heavy (non-hydrogen) atoms. The van der Waals surface area contributed by atoms with E-state index in [1.165, 1.54) is 53.6 Å². The van der Waals surface area contributed by atoms with E-state index in [1.807, 2.05) is 171 Å². The molecule has 12 aromatic rings. The lowest BCUT2D eigenvalue weighted by atomic mass is 9.92. The van der Waals surface area contributed by atoms with Gasteiger partial charge in [-0.1, -0.05) is 147 Å². The number of nitrogens with one attached hydrogen (secondary N) is 10. The number of hydrogen-bond acceptors (Lipinski definition) is 21. The number of pyridine rings is 1. The maximum Gasteiger partial charge on any atom is 0.422 e. The highest BCUT2D eigenvalue weighted by atomic mass is 32.2. The van der Waals surface area contributed by atoms with Gasteiger partial charge in [0.15, 0.2) is 5.13 Å². The molecule has 10 N–H and O–H groups in total. The number of para-hydroxylation sites is 1. The fourth-order valence-corrected chi connectivity index (χ4v) is 12.6. The zero-order valence-corrected chi connectivity index (χ0v) is 71.5. The van der Waals surface area contributed by atoms with Crippen molar-refractivity contribution >= 4 is 134 Å². The summed E-state index contributed by atoms with van der Waals surface area (Å²) in [5, 5.41) is 35.4. The van der Waals surface area contributed by atoms with Crippen LogP contribution in [0.25, 0.3) is 50.1 Å². The summed E-state index contributed by atoms with van der Waals surface area (Å²) in [6, 6.07) is 53.3. The van der Waals surface area contributed by atoms with Gasteiger partial charge in [0.25, 0.3) is 0 Å². The predicted octanol–water partition coefficient (Wildman–Crippen LogP) is 13.7. The molecule has 0 aliphatic rings. The topological polar surface area (TPSA) is 446 Å². The van der Waals surface area contributed by atoms with Crippen molar-refractivity contribution in [1.82, 2.24) is 71.4 Å². The second kappa shape index (κ2) is 37.7. The monoisotopic (exact) mass is 1720 g/mol. The summed E-state index contributed by atoms with van der Waals surface area (Å²) in [4.78, 5) is 86.4. The van der Waals surface area contributed by atoms with Crippen molar-refractivity contribution in [3.05, 3.63) is 227 Å². The smallest absolute Gasteiger partial charge is 0.422 e. The van der Waals surface area contributed by atoms with Gasteiger partial charge >= 0.3 is 67.0 Å². The average Bonchev–Trinajstić information content (AvgIpc) is 1.65. The molecular formula is C80H93N21O15S4. The van der Waals surface area contributed by atoms with Crippen LogP contribution in [0.4, 0.5) is 62.9 Å². The molecule has 9 amide bonds. The van der Waals surface area contributed by atoms with Crippen molar-refractivity contribution in [1.29, 1.82) is 0 Å². The van der Waals surface area contributed by atoms with Crippen LogP contribution in [0.15, 0.2) is 194 Å². The highest BCUT2D eigenvalue weighted by molar-refractivity contribution is 7.88. The summed E-state index contributed by atoms with van der Waals surface area (Å²) in [5.41, 5.74) is 9.42. The number of ether oxygens (including phenoxy) is 3. The number of thiazole rings is 1. The largest absolute Gasteiger partial charge is 0.444 e. The fourth-order valence-electron chi connectivity index (χ4n) is 10.6. The Labute approximate surface area is 698 Å². The van der Waals surface area contributed by atoms with Crippen LogP contribution >= 0.6 is 11.3 Å². The number of fused-ring (bicyclic) bond motifs is 2. The second-order valence-corrected chi connectivity index (χ2v) is 36.9. The molecular weight excluding hydrogens is 1620 g/mol. The number of nitrogens with zero attached hydrogens (tertiary/aromatic N) is 11. The number of rotatable bonds is 22. The first-order valence-electron chi connectivity index (χ1n) is 36.8. The summed E-state index contributed by atoms with van der Waals surface area (Å²) in [6.07, 6.45) is -1.41. The molecule has 0 radical (unpaired) electrons. The molecule has 36 nitrogen and oxygen atoms in total. The fraction of sp³-hybridized carbons (Fsp3) is 0.263. The molecule has 0 atom stereocenters. The van der Waals surface area contributed by atoms with Crippen molar-refractivity contribution in [2.24, 2.45) is 0 Å². The number of aromatic nitrogens is 9. The van der Waals surface area contributed by atoms with Gasteiger partial charge in [0.05, 0.1) is 45.4 Å². The molecule has 0 spiro atoms. The van der Waals surface area contributed by atoms with E-state index in [-0.39, 0.29) is 36.1 Å². The van der Waals surface area contributed by atoms with Crippen molar-refractivity contribution in [3.63, 3.8) is 0 Å². The lowest BCUT2D eigenvalue weighted by molar-refractivity contribution is 0.144. The van der Waals surface area contributed by atoms with Gasteiger partial charge in [-0.05, 0) is 95.6 Å². The van der Waals surface area contributed by atoms with Crippen molar-refractivity contribution in [2.45, 2.75) is 98.4 Å². The number of benzene rings is 6. The molecule has 6 aromatic carbocycles. The number of amides is 9. The summed E-state index contributed by atoms with van der Waals surface area (Å²) < 4.78 is 98.4. The van der Waals surface area contributed by atoms with Crippen LogP contribution in [0.5, 0.6) is 0 Å². The molecule has 0 aliphatic carbocycles. The Morgan fingerprint density at radius 2 is 0.808 bits per heavy atom. The quantitative estimate of drug-likeness (QED) is 0.0282. The highest BCUT2D eigenvalue weighted by Crippen LogP contribution is 2.32. The number of anilines is 6. The Hall–Kier alpha value is -13.1. The minimum atomic E-state index is -3.95. The van der Waals surface area contributed by atoms with Crippen molar-refractivity contribution < 1.29 is 68.2 Å². The number of aromatic amines is 1. The number of carbonyl (C=O) groups is 6. The molecule has 12 rings (SSSR count). The zero-order valence-electron chi connectivity index (χ0n) is 68.3. The van der Waals surface area contributed by atoms with E-state index in [0.717, 1.165) is 63.1 Å². The zero-order chi connectivity index (χ0) is 87.2. The Kier molecular flexibility index (Phi) is 28.0. The minimum absolute atomic E-state index is 0.138. The first-order valence-corrected chi connectivity index (χ1v) is 42.0. The van der Waals surface area contributed by atoms with Gasteiger partial charge in [0.2, 0.25) is 0 Å². The number of urea groups is 3. The third-order valence-corrected chi connectivity index (χ3v) is 22.3. The van der Waals surface area contributed by atoms with E-state index in [1.54, 1.807) is 113 Å². The number of carbonyl (C=O) groups excluding carboxylic acids is 6. The SMILES string of the molecule is CN(C)S(=O)(=O)NC(=O)OCc1ccc(-n2nc(C(C)(C)C)cc2NC(=O)Nc2ccc3[nH]ccc3c2)cc1.CN(C)S(=O)(=O)NC(=O)OCc1ccc(-n2nc(C(C)(C)C)cc2NC(=O)Nc2ccc3ccccc3n2)cc1.CN(C)S(=O)(=O)NC(=O)OCc1ccc(-n2nc(C(C)(C)C)cc2NC(=O)Nc2nc(-c3ccccc3)cs2)cc1. The first-order chi connectivity index (χ1) is 56.4. The minimum Gasteiger partial charge on any atom is -0.444 e. The van der Waals surface area contributed by atoms with Gasteiger partial charge < -0.3 is 24.5 Å². The number of H-pyrrole nitrogens is 1. The van der Waals surface area contributed by atoms with Crippen LogP contribution in [0.2, 0.25) is 0 Å². The van der Waals surface area contributed by atoms with Crippen LogP contribution in [-0.2, 0) is 80.9 Å². The Morgan fingerprint density at radius 3 is 1.22 bits per heavy atom. The van der Waals surface area contributed by atoms with Gasteiger partial charge in [-0.3, -0.25) is 26.6 Å². The highest BCUT2D eigenvalue weighted by Gasteiger charge is 2.28. The molecule has 0 fully saturated rings. The van der Waals surface area contributed by atoms with E-state index in [9.17, 15) is 54.0 Å². The third kappa shape index (κ3) is 24.5. The van der Waals surface area contributed by atoms with E-state index >= 15 is 0 Å². The van der Waals surface area contributed by atoms with Gasteiger partial charge in [-0.15, -0.1) is 11.3 Å². The molecule has 0 aliphatic heterocycles. The van der Waals surface area contributed by atoms with Crippen molar-refractivity contribution in [3.8, 4) is 28.3 Å². The van der Waals surface area contributed by atoms with Gasteiger partial charge in [-0.2, -0.15) is 53.5 Å². The van der Waals surface area contributed by atoms with Crippen LogP contribution in [-0.4, -0.2) is 161 Å². The Bertz CT molecular complexity index is 6030. The summed E-state index contributed by atoms with van der Waals surface area (Å²) in [7, 11) is -4.07. The normalized spacial score (nSPS) is 11.8. The molecule has 0 unspecified atom stereocenters. The summed E-state index contributed by atoms with van der Waals surface area (Å²) >= 11 is 1.32. The van der Waals surface area contributed by atoms with Crippen LogP contribution in [0.3, 0.4) is 0 Å². The Morgan fingerprint density at radius 1 is 0.417 bits per heavy atom. The van der Waals surface area contributed by atoms with Crippen LogP contribution in [0.1, 0.15) is 96.1 Å². The number of hydrogen-bond donors (Lipinski definition) is 10. The van der Waals surface area contributed by atoms with E-state index in [2.05, 4.69) is 46.9 Å². The lowest BCUT2D eigenvalue weighted by Crippen LogP contribution is -2.39. The summed E-state index contributed by atoms with van der Waals surface area (Å²) in [5.74, 6) is 1.77. The van der Waals surface area contributed by atoms with E-state index in [4.69, 9.17) is 29.5 Å². The van der Waals surface area contributed by atoms with Crippen LogP contribution < -0.4 is 46.1 Å². The van der Waals surface area contributed by atoms with E-state index in [0.29, 0.717) is 67.8 Å². The maximum atomic E-state index is 12.9. The molecule has 40 heteroatoms. The van der Waals surface area contributed by atoms with Gasteiger partial charge in [-0.25, -0.2) is 66.9 Å². The first kappa shape index (κ1) is 89.2.